The van der Waals surface area contributed by atoms with Crippen molar-refractivity contribution in [1.82, 2.24) is 5.32 Å². The monoisotopic (exact) mass is 375 g/mol. The van der Waals surface area contributed by atoms with Gasteiger partial charge in [0.25, 0.3) is 0 Å². The Labute approximate surface area is 150 Å². The van der Waals surface area contributed by atoms with E-state index < -0.39 is 23.4 Å². The second-order valence-electron chi connectivity index (χ2n) is 6.81. The van der Waals surface area contributed by atoms with Crippen LogP contribution in [0.15, 0.2) is 24.3 Å². The fourth-order valence-electron chi connectivity index (χ4n) is 1.94. The Hall–Kier alpha value is -2.09. The highest BCUT2D eigenvalue weighted by molar-refractivity contribution is 5.96. The summed E-state index contributed by atoms with van der Waals surface area (Å²) in [5.41, 5.74) is -1.20. The topological polar surface area (TPSA) is 64.6 Å². The summed E-state index contributed by atoms with van der Waals surface area (Å²) in [5.74, 6) is -0.314. The number of Topliss-reactive ketones (excluding diaryl/α,β-unsaturated/α-hetero) is 1. The molecule has 1 aromatic carbocycles. The van der Waals surface area contributed by atoms with E-state index in [4.69, 9.17) is 9.47 Å². The lowest BCUT2D eigenvalue weighted by Gasteiger charge is -2.21. The van der Waals surface area contributed by atoms with Crippen LogP contribution in [0.3, 0.4) is 0 Å². The van der Waals surface area contributed by atoms with Gasteiger partial charge in [0.2, 0.25) is 0 Å². The predicted molar refractivity (Wildman–Crippen MR) is 90.0 cm³/mol. The summed E-state index contributed by atoms with van der Waals surface area (Å²) < 4.78 is 48.0. The van der Waals surface area contributed by atoms with E-state index >= 15 is 0 Å². The summed E-state index contributed by atoms with van der Waals surface area (Å²) >= 11 is 0. The Bertz CT molecular complexity index is 606. The van der Waals surface area contributed by atoms with E-state index in [0.717, 1.165) is 24.3 Å². The summed E-state index contributed by atoms with van der Waals surface area (Å²) in [5, 5.41) is 2.55. The molecular formula is C18H24F3NO4. The number of alkyl halides is 3. The lowest BCUT2D eigenvalue weighted by Crippen LogP contribution is -2.37. The number of halogens is 3. The Morgan fingerprint density at radius 1 is 1.12 bits per heavy atom. The minimum absolute atomic E-state index is 0.0299. The number of carbonyl (C=O) groups is 2. The minimum Gasteiger partial charge on any atom is -0.444 e. The highest BCUT2D eigenvalue weighted by Gasteiger charge is 2.30. The zero-order valence-electron chi connectivity index (χ0n) is 15.3. The number of ketones is 1. The molecule has 0 spiro atoms. The molecule has 8 heteroatoms. The van der Waals surface area contributed by atoms with E-state index in [0.29, 0.717) is 0 Å². The molecule has 0 bridgehead atoms. The molecule has 0 radical (unpaired) electrons. The maximum Gasteiger partial charge on any atom is 0.416 e. The van der Waals surface area contributed by atoms with Crippen LogP contribution >= 0.6 is 0 Å². The van der Waals surface area contributed by atoms with Gasteiger partial charge in [0.05, 0.1) is 18.3 Å². The molecule has 0 saturated carbocycles. The number of amides is 1. The molecule has 5 nitrogen and oxygen atoms in total. The van der Waals surface area contributed by atoms with Gasteiger partial charge in [-0.1, -0.05) is 12.1 Å². The molecule has 0 aliphatic carbocycles. The van der Waals surface area contributed by atoms with Gasteiger partial charge in [0, 0.05) is 18.5 Å². The molecule has 0 aliphatic heterocycles. The van der Waals surface area contributed by atoms with Crippen LogP contribution in [0, 0.1) is 0 Å². The van der Waals surface area contributed by atoms with Crippen molar-refractivity contribution < 1.29 is 32.2 Å². The molecule has 0 fully saturated rings. The Morgan fingerprint density at radius 2 is 1.69 bits per heavy atom. The zero-order valence-corrected chi connectivity index (χ0v) is 15.3. The lowest BCUT2D eigenvalue weighted by atomic mass is 10.1. The van der Waals surface area contributed by atoms with Gasteiger partial charge in [-0.15, -0.1) is 0 Å². The third-order valence-corrected chi connectivity index (χ3v) is 3.20. The molecular weight excluding hydrogens is 351 g/mol. The van der Waals surface area contributed by atoms with Gasteiger partial charge in [-0.3, -0.25) is 4.79 Å². The van der Waals surface area contributed by atoms with E-state index in [1.807, 2.05) is 0 Å². The Balaban J connectivity index is 2.34. The number of benzene rings is 1. The fraction of sp³-hybridized carbons (Fsp3) is 0.556. The number of ether oxygens (including phenoxy) is 2. The van der Waals surface area contributed by atoms with Crippen molar-refractivity contribution in [3.05, 3.63) is 35.4 Å². The normalized spacial score (nSPS) is 13.2. The van der Waals surface area contributed by atoms with Crippen LogP contribution in [-0.2, 0) is 15.7 Å². The van der Waals surface area contributed by atoms with E-state index in [1.54, 1.807) is 27.7 Å². The highest BCUT2D eigenvalue weighted by Crippen LogP contribution is 2.29. The first-order valence-corrected chi connectivity index (χ1v) is 8.17. The van der Waals surface area contributed by atoms with Crippen molar-refractivity contribution in [2.24, 2.45) is 0 Å². The van der Waals surface area contributed by atoms with Crippen molar-refractivity contribution in [2.75, 3.05) is 13.2 Å². The van der Waals surface area contributed by atoms with Crippen molar-refractivity contribution in [3.63, 3.8) is 0 Å². The first-order chi connectivity index (χ1) is 11.9. The number of hydrogen-bond acceptors (Lipinski definition) is 4. The summed E-state index contributed by atoms with van der Waals surface area (Å²) in [6, 6.07) is 4.06. The average molecular weight is 375 g/mol. The summed E-state index contributed by atoms with van der Waals surface area (Å²) in [7, 11) is 0. The third-order valence-electron chi connectivity index (χ3n) is 3.20. The fourth-order valence-corrected chi connectivity index (χ4v) is 1.94. The molecule has 26 heavy (non-hydrogen) atoms. The van der Waals surface area contributed by atoms with Gasteiger partial charge in [0.1, 0.15) is 5.60 Å². The van der Waals surface area contributed by atoms with Gasteiger partial charge < -0.3 is 14.8 Å². The van der Waals surface area contributed by atoms with Crippen LogP contribution in [0.5, 0.6) is 0 Å². The SMILES string of the molecule is CC(CNC(=O)OC(C)(C)C)OCCC(=O)c1ccc(C(F)(F)F)cc1. The third kappa shape index (κ3) is 8.33. The molecule has 0 saturated heterocycles. The quantitative estimate of drug-likeness (QED) is 0.725. The maximum atomic E-state index is 12.5. The molecule has 1 aromatic rings. The van der Waals surface area contributed by atoms with Crippen LogP contribution in [0.2, 0.25) is 0 Å². The Morgan fingerprint density at radius 3 is 2.19 bits per heavy atom. The predicted octanol–water partition coefficient (Wildman–Crippen LogP) is 4.21. The van der Waals surface area contributed by atoms with Crippen molar-refractivity contribution in [2.45, 2.75) is 52.0 Å². The van der Waals surface area contributed by atoms with Crippen LogP contribution in [-0.4, -0.2) is 36.7 Å². The molecule has 1 atom stereocenters. The second-order valence-corrected chi connectivity index (χ2v) is 6.81. The van der Waals surface area contributed by atoms with Crippen molar-refractivity contribution in [1.29, 1.82) is 0 Å². The number of alkyl carbamates (subject to hydrolysis) is 1. The van der Waals surface area contributed by atoms with Gasteiger partial charge in [0.15, 0.2) is 5.78 Å². The van der Waals surface area contributed by atoms with Crippen LogP contribution in [0.4, 0.5) is 18.0 Å². The van der Waals surface area contributed by atoms with Crippen LogP contribution in [0.25, 0.3) is 0 Å². The van der Waals surface area contributed by atoms with Crippen LogP contribution < -0.4 is 5.32 Å². The summed E-state index contributed by atoms with van der Waals surface area (Å²) in [4.78, 5) is 23.5. The lowest BCUT2D eigenvalue weighted by molar-refractivity contribution is -0.137. The Kier molecular flexibility index (Phi) is 7.62. The number of rotatable bonds is 7. The number of carbonyl (C=O) groups excluding carboxylic acids is 2. The molecule has 1 N–H and O–H groups in total. The smallest absolute Gasteiger partial charge is 0.416 e. The van der Waals surface area contributed by atoms with Gasteiger partial charge in [-0.05, 0) is 39.8 Å². The van der Waals surface area contributed by atoms with Crippen molar-refractivity contribution in [3.8, 4) is 0 Å². The first-order valence-electron chi connectivity index (χ1n) is 8.17. The largest absolute Gasteiger partial charge is 0.444 e. The molecule has 0 heterocycles. The maximum absolute atomic E-state index is 12.5. The van der Waals surface area contributed by atoms with Crippen LogP contribution in [0.1, 0.15) is 50.0 Å². The highest BCUT2D eigenvalue weighted by atomic mass is 19.4. The average Bonchev–Trinajstić information content (AvgIpc) is 2.50. The molecule has 0 aromatic heterocycles. The summed E-state index contributed by atoms with van der Waals surface area (Å²) in [6.45, 7) is 7.28. The molecule has 1 rings (SSSR count). The van der Waals surface area contributed by atoms with E-state index in [-0.39, 0.29) is 37.0 Å². The van der Waals surface area contributed by atoms with Gasteiger partial charge in [-0.2, -0.15) is 13.2 Å². The van der Waals surface area contributed by atoms with Crippen molar-refractivity contribution >= 4 is 11.9 Å². The second kappa shape index (κ2) is 9.02. The van der Waals surface area contributed by atoms with E-state index in [9.17, 15) is 22.8 Å². The molecule has 1 amide bonds. The molecule has 146 valence electrons. The number of nitrogens with one attached hydrogen (secondary N) is 1. The first kappa shape index (κ1) is 22.0. The molecule has 0 aliphatic rings. The zero-order chi connectivity index (χ0) is 20.0. The standard InChI is InChI=1S/C18H24F3NO4/c1-12(11-22-16(24)26-17(2,3)4)25-10-9-15(23)13-5-7-14(8-6-13)18(19,20)21/h5-8,12H,9-11H2,1-4H3,(H,22,24). The van der Waals surface area contributed by atoms with Gasteiger partial charge >= 0.3 is 12.3 Å². The summed E-state index contributed by atoms with van der Waals surface area (Å²) in [6.07, 6.45) is -5.31. The van der Waals surface area contributed by atoms with Gasteiger partial charge in [-0.25, -0.2) is 4.79 Å². The van der Waals surface area contributed by atoms with E-state index in [1.165, 1.54) is 0 Å². The van der Waals surface area contributed by atoms with E-state index in [2.05, 4.69) is 5.32 Å². The molecule has 1 unspecified atom stereocenters. The number of hydrogen-bond donors (Lipinski definition) is 1. The minimum atomic E-state index is -4.43.